The summed E-state index contributed by atoms with van der Waals surface area (Å²) in [5.74, 6) is 4.15. The van der Waals surface area contributed by atoms with E-state index in [4.69, 9.17) is 5.11 Å². The molecule has 1 heterocycles. The maximum absolute atomic E-state index is 12.8. The van der Waals surface area contributed by atoms with Gasteiger partial charge in [-0.15, -0.1) is 0 Å². The molecule has 0 radical (unpaired) electrons. The van der Waals surface area contributed by atoms with E-state index in [1.54, 1.807) is 0 Å². The normalized spacial score (nSPS) is 19.9. The fourth-order valence-electron chi connectivity index (χ4n) is 2.61. The predicted molar refractivity (Wildman–Crippen MR) is 74.5 cm³/mol. The minimum atomic E-state index is -4.10. The number of halogens is 3. The van der Waals surface area contributed by atoms with Gasteiger partial charge >= 0.3 is 6.18 Å². The molecule has 1 aliphatic rings. The number of rotatable bonds is 2. The average Bonchev–Trinajstić information content (AvgIpc) is 2.45. The van der Waals surface area contributed by atoms with Crippen molar-refractivity contribution in [3.05, 3.63) is 35.4 Å². The van der Waals surface area contributed by atoms with E-state index in [1.165, 1.54) is 0 Å². The second kappa shape index (κ2) is 6.97. The summed E-state index contributed by atoms with van der Waals surface area (Å²) in [6, 6.07) is 7.41. The Morgan fingerprint density at radius 1 is 1.33 bits per heavy atom. The molecule has 1 saturated heterocycles. The minimum absolute atomic E-state index is 0.0655. The molecule has 0 bridgehead atoms. The third kappa shape index (κ3) is 4.76. The predicted octanol–water partition coefficient (Wildman–Crippen LogP) is 2.80. The van der Waals surface area contributed by atoms with Gasteiger partial charge in [0.25, 0.3) is 0 Å². The molecule has 2 nitrogen and oxygen atoms in total. The number of piperidine rings is 1. The SMILES string of the molecule is OCC#Cc1cccc(CN2CCCC(C(F)(F)F)C2)c1. The Balaban J connectivity index is 2.01. The molecule has 0 spiro atoms. The number of aliphatic hydroxyl groups is 1. The van der Waals surface area contributed by atoms with E-state index in [2.05, 4.69) is 11.8 Å². The first-order valence-corrected chi connectivity index (χ1v) is 6.97. The molecule has 5 heteroatoms. The van der Waals surface area contributed by atoms with E-state index >= 15 is 0 Å². The molecule has 1 N–H and O–H groups in total. The van der Waals surface area contributed by atoms with Gasteiger partial charge < -0.3 is 5.11 Å². The van der Waals surface area contributed by atoms with Crippen molar-refractivity contribution in [1.29, 1.82) is 0 Å². The molecule has 0 aliphatic carbocycles. The molecule has 0 amide bonds. The Morgan fingerprint density at radius 2 is 2.14 bits per heavy atom. The first kappa shape index (κ1) is 15.9. The van der Waals surface area contributed by atoms with Crippen LogP contribution in [0.25, 0.3) is 0 Å². The van der Waals surface area contributed by atoms with E-state index in [0.717, 1.165) is 11.1 Å². The van der Waals surface area contributed by atoms with Crippen LogP contribution in [0.4, 0.5) is 13.2 Å². The Kier molecular flexibility index (Phi) is 5.27. The van der Waals surface area contributed by atoms with E-state index in [1.807, 2.05) is 29.2 Å². The maximum atomic E-state index is 12.8. The molecule has 21 heavy (non-hydrogen) atoms. The van der Waals surface area contributed by atoms with Crippen LogP contribution in [0.2, 0.25) is 0 Å². The summed E-state index contributed by atoms with van der Waals surface area (Å²) in [7, 11) is 0. The summed E-state index contributed by atoms with van der Waals surface area (Å²) in [6.07, 6.45) is -3.30. The third-order valence-corrected chi connectivity index (χ3v) is 3.61. The van der Waals surface area contributed by atoms with Gasteiger partial charge in [0.15, 0.2) is 0 Å². The molecule has 0 saturated carbocycles. The van der Waals surface area contributed by atoms with Crippen LogP contribution in [0.3, 0.4) is 0 Å². The van der Waals surface area contributed by atoms with Crippen molar-refractivity contribution >= 4 is 0 Å². The molecule has 114 valence electrons. The molecule has 1 atom stereocenters. The molecule has 2 rings (SSSR count). The minimum Gasteiger partial charge on any atom is -0.384 e. The zero-order valence-corrected chi connectivity index (χ0v) is 11.7. The largest absolute Gasteiger partial charge is 0.393 e. The van der Waals surface area contributed by atoms with Gasteiger partial charge in [-0.25, -0.2) is 0 Å². The molecule has 1 unspecified atom stereocenters. The van der Waals surface area contributed by atoms with Gasteiger partial charge in [-0.1, -0.05) is 24.0 Å². The molecule has 1 aromatic carbocycles. The van der Waals surface area contributed by atoms with Crippen molar-refractivity contribution in [1.82, 2.24) is 4.90 Å². The van der Waals surface area contributed by atoms with Crippen LogP contribution in [-0.2, 0) is 6.54 Å². The Hall–Kier alpha value is -1.51. The second-order valence-electron chi connectivity index (χ2n) is 5.28. The van der Waals surface area contributed by atoms with E-state index in [-0.39, 0.29) is 19.6 Å². The van der Waals surface area contributed by atoms with Crippen LogP contribution in [0.15, 0.2) is 24.3 Å². The van der Waals surface area contributed by atoms with E-state index in [9.17, 15) is 13.2 Å². The van der Waals surface area contributed by atoms with Crippen LogP contribution in [0, 0.1) is 17.8 Å². The Labute approximate surface area is 122 Å². The summed E-state index contributed by atoms with van der Waals surface area (Å²) in [4.78, 5) is 1.85. The summed E-state index contributed by atoms with van der Waals surface area (Å²) >= 11 is 0. The molecular weight excluding hydrogens is 279 g/mol. The van der Waals surface area contributed by atoms with Crippen LogP contribution < -0.4 is 0 Å². The molecule has 1 fully saturated rings. The number of hydrogen-bond acceptors (Lipinski definition) is 2. The van der Waals surface area contributed by atoms with Crippen molar-refractivity contribution in [3.8, 4) is 11.8 Å². The zero-order chi connectivity index (χ0) is 15.3. The number of likely N-dealkylation sites (tertiary alicyclic amines) is 1. The van der Waals surface area contributed by atoms with Crippen LogP contribution in [-0.4, -0.2) is 35.9 Å². The van der Waals surface area contributed by atoms with Gasteiger partial charge in [-0.05, 0) is 37.1 Å². The van der Waals surface area contributed by atoms with Gasteiger partial charge in [0.1, 0.15) is 6.61 Å². The monoisotopic (exact) mass is 297 g/mol. The van der Waals surface area contributed by atoms with Crippen LogP contribution in [0.1, 0.15) is 24.0 Å². The lowest BCUT2D eigenvalue weighted by atomic mass is 9.97. The van der Waals surface area contributed by atoms with Crippen LogP contribution >= 0.6 is 0 Å². The van der Waals surface area contributed by atoms with Crippen molar-refractivity contribution in [3.63, 3.8) is 0 Å². The summed E-state index contributed by atoms with van der Waals surface area (Å²) < 4.78 is 38.4. The topological polar surface area (TPSA) is 23.5 Å². The molecule has 1 aliphatic heterocycles. The summed E-state index contributed by atoms with van der Waals surface area (Å²) in [5, 5.41) is 8.67. The smallest absolute Gasteiger partial charge is 0.384 e. The van der Waals surface area contributed by atoms with E-state index in [0.29, 0.717) is 19.5 Å². The van der Waals surface area contributed by atoms with Crippen molar-refractivity contribution in [2.75, 3.05) is 19.7 Å². The number of hydrogen-bond donors (Lipinski definition) is 1. The molecular formula is C16H18F3NO. The first-order valence-electron chi connectivity index (χ1n) is 6.97. The summed E-state index contributed by atoms with van der Waals surface area (Å²) in [5.41, 5.74) is 1.72. The second-order valence-corrected chi connectivity index (χ2v) is 5.28. The fraction of sp³-hybridized carbons (Fsp3) is 0.500. The van der Waals surface area contributed by atoms with Gasteiger partial charge in [-0.3, -0.25) is 4.90 Å². The molecule has 0 aromatic heterocycles. The number of aliphatic hydroxyl groups excluding tert-OH is 1. The van der Waals surface area contributed by atoms with Gasteiger partial charge in [-0.2, -0.15) is 13.2 Å². The zero-order valence-electron chi connectivity index (χ0n) is 11.7. The highest BCUT2D eigenvalue weighted by molar-refractivity contribution is 5.37. The highest BCUT2D eigenvalue weighted by Crippen LogP contribution is 2.33. The lowest BCUT2D eigenvalue weighted by Crippen LogP contribution is -2.41. The van der Waals surface area contributed by atoms with Gasteiger partial charge in [0, 0.05) is 18.7 Å². The Bertz CT molecular complexity index is 530. The number of alkyl halides is 3. The van der Waals surface area contributed by atoms with Crippen LogP contribution in [0.5, 0.6) is 0 Å². The van der Waals surface area contributed by atoms with Crippen molar-refractivity contribution in [2.24, 2.45) is 5.92 Å². The Morgan fingerprint density at radius 3 is 2.86 bits per heavy atom. The fourth-order valence-corrected chi connectivity index (χ4v) is 2.61. The highest BCUT2D eigenvalue weighted by Gasteiger charge is 2.41. The highest BCUT2D eigenvalue weighted by atomic mass is 19.4. The average molecular weight is 297 g/mol. The summed E-state index contributed by atoms with van der Waals surface area (Å²) in [6.45, 7) is 1.06. The van der Waals surface area contributed by atoms with E-state index < -0.39 is 12.1 Å². The van der Waals surface area contributed by atoms with Gasteiger partial charge in [0.2, 0.25) is 0 Å². The van der Waals surface area contributed by atoms with Gasteiger partial charge in [0.05, 0.1) is 5.92 Å². The quantitative estimate of drug-likeness (QED) is 0.849. The van der Waals surface area contributed by atoms with Crippen molar-refractivity contribution < 1.29 is 18.3 Å². The maximum Gasteiger partial charge on any atom is 0.393 e. The third-order valence-electron chi connectivity index (χ3n) is 3.61. The first-order chi connectivity index (χ1) is 9.99. The lowest BCUT2D eigenvalue weighted by molar-refractivity contribution is -0.187. The lowest BCUT2D eigenvalue weighted by Gasteiger charge is -2.33. The van der Waals surface area contributed by atoms with Crippen molar-refractivity contribution in [2.45, 2.75) is 25.6 Å². The number of benzene rings is 1. The molecule has 1 aromatic rings. The standard InChI is InChI=1S/C16H18F3NO/c17-16(18,19)15-7-2-8-20(12-15)11-14-5-1-4-13(10-14)6-3-9-21/h1,4-5,10,15,21H,2,7-9,11-12H2. The number of nitrogens with zero attached hydrogens (tertiary/aromatic N) is 1.